The first-order valence-electron chi connectivity index (χ1n) is 7.39. The van der Waals surface area contributed by atoms with E-state index in [0.717, 1.165) is 23.7 Å². The van der Waals surface area contributed by atoms with E-state index in [9.17, 15) is 5.11 Å². The molecule has 2 unspecified atom stereocenters. The van der Waals surface area contributed by atoms with Gasteiger partial charge < -0.3 is 9.63 Å². The van der Waals surface area contributed by atoms with Gasteiger partial charge in [-0.1, -0.05) is 31.3 Å². The van der Waals surface area contributed by atoms with Crippen molar-refractivity contribution in [2.45, 2.75) is 44.9 Å². The van der Waals surface area contributed by atoms with Crippen molar-refractivity contribution >= 4 is 0 Å². The number of rotatable bonds is 3. The van der Waals surface area contributed by atoms with Gasteiger partial charge in [0.05, 0.1) is 0 Å². The van der Waals surface area contributed by atoms with E-state index in [1.165, 1.54) is 25.7 Å². The topological polar surface area (TPSA) is 59.2 Å². The molecular weight excluding hydrogens is 252 g/mol. The quantitative estimate of drug-likeness (QED) is 0.912. The molecule has 106 valence electrons. The largest absolute Gasteiger partial charge is 0.508 e. The fourth-order valence-corrected chi connectivity index (χ4v) is 3.02. The molecule has 20 heavy (non-hydrogen) atoms. The summed E-state index contributed by atoms with van der Waals surface area (Å²) in [7, 11) is 0. The molecule has 1 N–H and O–H groups in total. The molecule has 1 aliphatic carbocycles. The monoisotopic (exact) mass is 272 g/mol. The second-order valence-corrected chi connectivity index (χ2v) is 5.64. The van der Waals surface area contributed by atoms with Crippen LogP contribution in [0.15, 0.2) is 28.8 Å². The Morgan fingerprint density at radius 3 is 2.80 bits per heavy atom. The Morgan fingerprint density at radius 2 is 2.05 bits per heavy atom. The number of hydrogen-bond acceptors (Lipinski definition) is 4. The molecule has 1 heterocycles. The van der Waals surface area contributed by atoms with E-state index in [4.69, 9.17) is 4.52 Å². The van der Waals surface area contributed by atoms with Gasteiger partial charge in [-0.15, -0.1) is 0 Å². The van der Waals surface area contributed by atoms with Gasteiger partial charge in [-0.25, -0.2) is 0 Å². The summed E-state index contributed by atoms with van der Waals surface area (Å²) in [5.41, 5.74) is 0.851. The fraction of sp³-hybridized carbons (Fsp3) is 0.500. The normalized spacial score (nSPS) is 22.9. The first-order valence-corrected chi connectivity index (χ1v) is 7.39. The Labute approximate surface area is 118 Å². The highest BCUT2D eigenvalue weighted by Gasteiger charge is 2.26. The minimum absolute atomic E-state index is 0.242. The molecule has 1 aliphatic rings. The smallest absolute Gasteiger partial charge is 0.257 e. The van der Waals surface area contributed by atoms with E-state index < -0.39 is 0 Å². The summed E-state index contributed by atoms with van der Waals surface area (Å²) in [6.45, 7) is 2.26. The van der Waals surface area contributed by atoms with Gasteiger partial charge >= 0.3 is 0 Å². The molecule has 0 radical (unpaired) electrons. The first-order chi connectivity index (χ1) is 9.76. The zero-order valence-corrected chi connectivity index (χ0v) is 11.7. The summed E-state index contributed by atoms with van der Waals surface area (Å²) < 4.78 is 5.37. The second-order valence-electron chi connectivity index (χ2n) is 5.64. The van der Waals surface area contributed by atoms with Crippen molar-refractivity contribution in [2.24, 2.45) is 5.92 Å². The lowest BCUT2D eigenvalue weighted by Gasteiger charge is -2.26. The molecule has 0 spiro atoms. The van der Waals surface area contributed by atoms with Gasteiger partial charge in [-0.05, 0) is 43.0 Å². The molecule has 1 saturated carbocycles. The molecule has 2 aromatic rings. The molecule has 0 aliphatic heterocycles. The highest BCUT2D eigenvalue weighted by atomic mass is 16.5. The Morgan fingerprint density at radius 1 is 1.25 bits per heavy atom. The van der Waals surface area contributed by atoms with Crippen LogP contribution in [0.2, 0.25) is 0 Å². The van der Waals surface area contributed by atoms with Crippen molar-refractivity contribution < 1.29 is 9.63 Å². The molecule has 1 fully saturated rings. The third-order valence-electron chi connectivity index (χ3n) is 4.28. The number of nitrogens with zero attached hydrogens (tertiary/aromatic N) is 2. The van der Waals surface area contributed by atoms with Crippen molar-refractivity contribution in [3.63, 3.8) is 0 Å². The standard InChI is InChI=1S/C16H20N2O2/c1-2-11-4-3-5-13(10-11)15-17-16(20-18-15)12-6-8-14(19)9-7-12/h6-9,11,13,19H,2-5,10H2,1H3. The van der Waals surface area contributed by atoms with Crippen LogP contribution in [-0.4, -0.2) is 15.2 Å². The predicted molar refractivity (Wildman–Crippen MR) is 76.4 cm³/mol. The molecule has 4 nitrogen and oxygen atoms in total. The van der Waals surface area contributed by atoms with Crippen LogP contribution in [-0.2, 0) is 0 Å². The van der Waals surface area contributed by atoms with Crippen molar-refractivity contribution in [3.8, 4) is 17.2 Å². The molecule has 0 bridgehead atoms. The average molecular weight is 272 g/mol. The van der Waals surface area contributed by atoms with Gasteiger partial charge in [0, 0.05) is 11.5 Å². The van der Waals surface area contributed by atoms with Gasteiger partial charge in [-0.3, -0.25) is 0 Å². The molecular formula is C16H20N2O2. The minimum Gasteiger partial charge on any atom is -0.508 e. The van der Waals surface area contributed by atoms with Crippen molar-refractivity contribution in [3.05, 3.63) is 30.1 Å². The number of benzene rings is 1. The Balaban J connectivity index is 1.78. The lowest BCUT2D eigenvalue weighted by atomic mass is 9.80. The van der Waals surface area contributed by atoms with Crippen molar-refractivity contribution in [1.82, 2.24) is 10.1 Å². The van der Waals surface area contributed by atoms with Crippen LogP contribution < -0.4 is 0 Å². The average Bonchev–Trinajstić information content (AvgIpc) is 2.98. The maximum Gasteiger partial charge on any atom is 0.257 e. The number of aromatic nitrogens is 2. The molecule has 3 rings (SSSR count). The van der Waals surface area contributed by atoms with E-state index in [1.54, 1.807) is 24.3 Å². The summed E-state index contributed by atoms with van der Waals surface area (Å²) in [5, 5.41) is 13.5. The molecule has 1 aromatic heterocycles. The van der Waals surface area contributed by atoms with Gasteiger partial charge in [0.2, 0.25) is 0 Å². The third-order valence-corrected chi connectivity index (χ3v) is 4.28. The van der Waals surface area contributed by atoms with Crippen LogP contribution in [0.25, 0.3) is 11.5 Å². The summed E-state index contributed by atoms with van der Waals surface area (Å²) in [4.78, 5) is 4.54. The fourth-order valence-electron chi connectivity index (χ4n) is 3.02. The highest BCUT2D eigenvalue weighted by Crippen LogP contribution is 2.36. The first kappa shape index (κ1) is 13.2. The van der Waals surface area contributed by atoms with Gasteiger partial charge in [-0.2, -0.15) is 4.98 Å². The summed E-state index contributed by atoms with van der Waals surface area (Å²) in [6, 6.07) is 6.85. The lowest BCUT2D eigenvalue weighted by molar-refractivity contribution is 0.300. The van der Waals surface area contributed by atoms with Crippen LogP contribution in [0, 0.1) is 5.92 Å². The zero-order valence-electron chi connectivity index (χ0n) is 11.7. The van der Waals surface area contributed by atoms with Crippen LogP contribution >= 0.6 is 0 Å². The lowest BCUT2D eigenvalue weighted by Crippen LogP contribution is -2.14. The third kappa shape index (κ3) is 2.69. The highest BCUT2D eigenvalue weighted by molar-refractivity contribution is 5.54. The maximum atomic E-state index is 9.30. The van der Waals surface area contributed by atoms with Crippen LogP contribution in [0.5, 0.6) is 5.75 Å². The van der Waals surface area contributed by atoms with E-state index in [0.29, 0.717) is 11.8 Å². The van der Waals surface area contributed by atoms with E-state index >= 15 is 0 Å². The predicted octanol–water partition coefficient (Wildman–Crippen LogP) is 4.13. The van der Waals surface area contributed by atoms with Crippen LogP contribution in [0.4, 0.5) is 0 Å². The van der Waals surface area contributed by atoms with Gasteiger partial charge in [0.25, 0.3) is 5.89 Å². The number of aromatic hydroxyl groups is 1. The Bertz CT molecular complexity index is 562. The number of phenols is 1. The molecule has 2 atom stereocenters. The second kappa shape index (κ2) is 5.65. The zero-order chi connectivity index (χ0) is 13.9. The Hall–Kier alpha value is -1.84. The van der Waals surface area contributed by atoms with Crippen molar-refractivity contribution in [2.75, 3.05) is 0 Å². The van der Waals surface area contributed by atoms with Crippen LogP contribution in [0.1, 0.15) is 50.8 Å². The molecule has 0 saturated heterocycles. The number of hydrogen-bond donors (Lipinski definition) is 1. The maximum absolute atomic E-state index is 9.30. The summed E-state index contributed by atoms with van der Waals surface area (Å²) >= 11 is 0. The minimum atomic E-state index is 0.242. The molecule has 1 aromatic carbocycles. The summed E-state index contributed by atoms with van der Waals surface area (Å²) in [5.74, 6) is 2.85. The SMILES string of the molecule is CCC1CCCC(c2noc(-c3ccc(O)cc3)n2)C1. The van der Waals surface area contributed by atoms with Crippen LogP contribution in [0.3, 0.4) is 0 Å². The van der Waals surface area contributed by atoms with Crippen molar-refractivity contribution in [1.29, 1.82) is 0 Å². The number of phenolic OH excluding ortho intramolecular Hbond substituents is 1. The van der Waals surface area contributed by atoms with E-state index in [1.807, 2.05) is 0 Å². The van der Waals surface area contributed by atoms with E-state index in [2.05, 4.69) is 17.1 Å². The van der Waals surface area contributed by atoms with E-state index in [-0.39, 0.29) is 5.75 Å². The van der Waals surface area contributed by atoms with Gasteiger partial charge in [0.1, 0.15) is 5.75 Å². The molecule has 0 amide bonds. The summed E-state index contributed by atoms with van der Waals surface area (Å²) in [6.07, 6.45) is 6.15. The van der Waals surface area contributed by atoms with Gasteiger partial charge in [0.15, 0.2) is 5.82 Å². The molecule has 4 heteroatoms. The Kier molecular flexibility index (Phi) is 3.72.